The Morgan fingerprint density at radius 3 is 0.784 bits per heavy atom. The zero-order valence-electron chi connectivity index (χ0n) is 20.0. The highest BCUT2D eigenvalue weighted by Gasteiger charge is 2.15. The summed E-state index contributed by atoms with van der Waals surface area (Å²) in [6, 6.07) is 45.2. The lowest BCUT2D eigenvalue weighted by Crippen LogP contribution is -1.84. The van der Waals surface area contributed by atoms with Crippen LogP contribution in [0.5, 0.6) is 0 Å². The first-order valence-corrected chi connectivity index (χ1v) is 13.6. The van der Waals surface area contributed by atoms with Crippen molar-refractivity contribution in [3.8, 4) is 0 Å². The van der Waals surface area contributed by atoms with Crippen molar-refractivity contribution in [3.63, 3.8) is 0 Å². The Labute approximate surface area is 217 Å². The molecule has 0 N–H and O–H groups in total. The molecular weight excluding hydrogens is 464 g/mol. The van der Waals surface area contributed by atoms with E-state index in [4.69, 9.17) is 0 Å². The van der Waals surface area contributed by atoms with Gasteiger partial charge < -0.3 is 0 Å². The quantitative estimate of drug-likeness (QED) is 0.188. The number of hydrogen-bond acceptors (Lipinski definition) is 1. The van der Waals surface area contributed by atoms with Gasteiger partial charge in [0.05, 0.1) is 0 Å². The molecule has 0 radical (unpaired) electrons. The molecule has 0 unspecified atom stereocenters. The summed E-state index contributed by atoms with van der Waals surface area (Å²) < 4.78 is 2.71. The third-order valence-electron chi connectivity index (χ3n) is 8.20. The van der Waals surface area contributed by atoms with Crippen LogP contribution in [0.2, 0.25) is 0 Å². The molecule has 0 nitrogen and oxygen atoms in total. The highest BCUT2D eigenvalue weighted by molar-refractivity contribution is 7.26. The fourth-order valence-corrected chi connectivity index (χ4v) is 7.72. The lowest BCUT2D eigenvalue weighted by Gasteiger charge is -2.11. The lowest BCUT2D eigenvalue weighted by molar-refractivity contribution is 1.79. The normalized spacial score (nSPS) is 12.3. The van der Waals surface area contributed by atoms with Crippen LogP contribution in [0.1, 0.15) is 0 Å². The number of thiophene rings is 1. The summed E-state index contributed by atoms with van der Waals surface area (Å²) in [4.78, 5) is 0. The molecule has 1 aromatic heterocycles. The molecule has 0 aliphatic rings. The van der Waals surface area contributed by atoms with Gasteiger partial charge in [0.15, 0.2) is 0 Å². The van der Waals surface area contributed by atoms with E-state index < -0.39 is 0 Å². The van der Waals surface area contributed by atoms with E-state index in [0.717, 1.165) is 0 Å². The first-order chi connectivity index (χ1) is 18.3. The minimum atomic E-state index is 1.33. The summed E-state index contributed by atoms with van der Waals surface area (Å²) in [6.45, 7) is 0. The number of rotatable bonds is 0. The summed E-state index contributed by atoms with van der Waals surface area (Å²) >= 11 is 1.92. The van der Waals surface area contributed by atoms with E-state index in [1.54, 1.807) is 0 Å². The topological polar surface area (TPSA) is 0 Å². The van der Waals surface area contributed by atoms with Crippen molar-refractivity contribution in [2.75, 3.05) is 0 Å². The second-order valence-electron chi connectivity index (χ2n) is 10.1. The molecule has 9 aromatic rings. The third-order valence-corrected chi connectivity index (χ3v) is 9.31. The van der Waals surface area contributed by atoms with Crippen molar-refractivity contribution in [2.24, 2.45) is 0 Å². The fraction of sp³-hybridized carbons (Fsp3) is 0. The van der Waals surface area contributed by atoms with Crippen LogP contribution in [0, 0.1) is 0 Å². The smallest absolute Gasteiger partial charge is 0.0362 e. The zero-order valence-corrected chi connectivity index (χ0v) is 20.8. The van der Waals surface area contributed by atoms with Crippen molar-refractivity contribution in [1.82, 2.24) is 0 Å². The molecule has 37 heavy (non-hydrogen) atoms. The van der Waals surface area contributed by atoms with E-state index in [1.807, 2.05) is 11.3 Å². The van der Waals surface area contributed by atoms with Crippen LogP contribution in [0.15, 0.2) is 121 Å². The van der Waals surface area contributed by atoms with E-state index in [2.05, 4.69) is 121 Å². The highest BCUT2D eigenvalue weighted by Crippen LogP contribution is 2.44. The summed E-state index contributed by atoms with van der Waals surface area (Å²) in [5.41, 5.74) is 0. The summed E-state index contributed by atoms with van der Waals surface area (Å²) in [6.07, 6.45) is 0. The van der Waals surface area contributed by atoms with Gasteiger partial charge in [0.1, 0.15) is 0 Å². The SMILES string of the molecule is c1ccc2c(c1)c1ccccc1c1cc3c(cc21)sc1cc2c4ccccc4c4ccccc4c2cc13. The van der Waals surface area contributed by atoms with Crippen LogP contribution in [0.25, 0.3) is 84.8 Å². The predicted molar refractivity (Wildman–Crippen MR) is 164 cm³/mol. The Kier molecular flexibility index (Phi) is 3.76. The van der Waals surface area contributed by atoms with Crippen LogP contribution < -0.4 is 0 Å². The fourth-order valence-electron chi connectivity index (χ4n) is 6.57. The summed E-state index contributed by atoms with van der Waals surface area (Å²) in [5, 5.41) is 18.7. The van der Waals surface area contributed by atoms with Crippen LogP contribution in [0.3, 0.4) is 0 Å². The van der Waals surface area contributed by atoms with Gasteiger partial charge in [-0.2, -0.15) is 0 Å². The van der Waals surface area contributed by atoms with E-state index in [1.165, 1.54) is 84.8 Å². The second-order valence-corrected chi connectivity index (χ2v) is 11.2. The first kappa shape index (κ1) is 19.7. The Balaban J connectivity index is 1.51. The third kappa shape index (κ3) is 2.57. The molecule has 0 bridgehead atoms. The Hall–Kier alpha value is -4.46. The minimum absolute atomic E-state index is 1.33. The average Bonchev–Trinajstić information content (AvgIpc) is 3.32. The average molecular weight is 485 g/mol. The molecule has 0 amide bonds. The molecule has 0 saturated heterocycles. The van der Waals surface area contributed by atoms with E-state index in [0.29, 0.717) is 0 Å². The minimum Gasteiger partial charge on any atom is -0.135 e. The van der Waals surface area contributed by atoms with Crippen molar-refractivity contribution < 1.29 is 0 Å². The number of benzene rings is 8. The molecule has 0 aliphatic carbocycles. The molecule has 1 heteroatoms. The maximum Gasteiger partial charge on any atom is 0.0362 e. The van der Waals surface area contributed by atoms with Crippen LogP contribution in [-0.2, 0) is 0 Å². The van der Waals surface area contributed by atoms with E-state index >= 15 is 0 Å². The van der Waals surface area contributed by atoms with Gasteiger partial charge in [0.2, 0.25) is 0 Å². The molecule has 1 heterocycles. The zero-order chi connectivity index (χ0) is 24.1. The van der Waals surface area contributed by atoms with Crippen molar-refractivity contribution in [1.29, 1.82) is 0 Å². The number of hydrogen-bond donors (Lipinski definition) is 0. The molecule has 0 spiro atoms. The Morgan fingerprint density at radius 2 is 0.486 bits per heavy atom. The molecule has 8 aromatic carbocycles. The Bertz CT molecular complexity index is 2240. The molecule has 0 atom stereocenters. The first-order valence-electron chi connectivity index (χ1n) is 12.8. The predicted octanol–water partition coefficient (Wildman–Crippen LogP) is 11.0. The molecule has 0 aliphatic heterocycles. The van der Waals surface area contributed by atoms with Crippen LogP contribution >= 0.6 is 11.3 Å². The van der Waals surface area contributed by atoms with Crippen LogP contribution in [-0.4, -0.2) is 0 Å². The van der Waals surface area contributed by atoms with Gasteiger partial charge in [-0.25, -0.2) is 0 Å². The molecule has 0 saturated carbocycles. The summed E-state index contributed by atoms with van der Waals surface area (Å²) in [5.74, 6) is 0. The molecule has 9 rings (SSSR count). The van der Waals surface area contributed by atoms with Crippen molar-refractivity contribution in [2.45, 2.75) is 0 Å². The monoisotopic (exact) mass is 484 g/mol. The van der Waals surface area contributed by atoms with E-state index in [-0.39, 0.29) is 0 Å². The number of fused-ring (bicyclic) bond motifs is 15. The van der Waals surface area contributed by atoms with Crippen molar-refractivity contribution >= 4 is 96.1 Å². The van der Waals surface area contributed by atoms with Gasteiger partial charge in [-0.05, 0) is 88.9 Å². The highest BCUT2D eigenvalue weighted by atomic mass is 32.1. The largest absolute Gasteiger partial charge is 0.135 e. The maximum atomic E-state index is 2.45. The Morgan fingerprint density at radius 1 is 0.243 bits per heavy atom. The maximum absolute atomic E-state index is 2.45. The molecule has 170 valence electrons. The summed E-state index contributed by atoms with van der Waals surface area (Å²) in [7, 11) is 0. The van der Waals surface area contributed by atoms with E-state index in [9.17, 15) is 0 Å². The molecule has 0 fully saturated rings. The second kappa shape index (κ2) is 7.06. The standard InChI is InChI=1S/C36H20S/c1-5-13-25-21(9-1)23-11-3-7-15-27(23)31-19-35-33(17-29(25)31)34-18-30-26-14-6-2-10-22(26)24-12-4-8-16-28(24)32(30)20-36(34)37-35/h1-20H. The van der Waals surface area contributed by atoms with Crippen LogP contribution in [0.4, 0.5) is 0 Å². The van der Waals surface area contributed by atoms with Gasteiger partial charge in [-0.15, -0.1) is 11.3 Å². The van der Waals surface area contributed by atoms with Gasteiger partial charge in [0.25, 0.3) is 0 Å². The van der Waals surface area contributed by atoms with Gasteiger partial charge in [-0.1, -0.05) is 97.1 Å². The van der Waals surface area contributed by atoms with Gasteiger partial charge in [0, 0.05) is 20.2 Å². The molecular formula is C36H20S. The lowest BCUT2D eigenvalue weighted by atomic mass is 9.92. The van der Waals surface area contributed by atoms with Crippen molar-refractivity contribution in [3.05, 3.63) is 121 Å². The van der Waals surface area contributed by atoms with Gasteiger partial charge in [-0.3, -0.25) is 0 Å². The van der Waals surface area contributed by atoms with Gasteiger partial charge >= 0.3 is 0 Å².